The molecule has 0 saturated heterocycles. The third-order valence-corrected chi connectivity index (χ3v) is 13.2. The first-order valence-electron chi connectivity index (χ1n) is 23.6. The highest BCUT2D eigenvalue weighted by molar-refractivity contribution is 6.10. The van der Waals surface area contributed by atoms with E-state index >= 15 is 0 Å². The number of rotatable bonds is 11. The van der Waals surface area contributed by atoms with Crippen LogP contribution >= 0.6 is 0 Å². The average molecular weight is 882 g/mol. The summed E-state index contributed by atoms with van der Waals surface area (Å²) in [5.41, 5.74) is 19.2. The first kappa shape index (κ1) is 41.3. The largest absolute Gasteiger partial charge is 0.310 e. The maximum Gasteiger partial charge on any atom is 0.0547 e. The van der Waals surface area contributed by atoms with E-state index in [9.17, 15) is 0 Å². The SMILES string of the molecule is c1ccc(-c2ccc(N(c3ccccc3)c3cc(-c4ccc5c6ccccc6n(-c6ccc(-c7ccccc7)cc6)c5c4)cc(N(c4ccccc4)c4ccc(-c5ccccc5)cc4)c3)cc2)cc1. The Balaban J connectivity index is 1.06. The van der Waals surface area contributed by atoms with Crippen LogP contribution in [0.25, 0.3) is 72.0 Å². The van der Waals surface area contributed by atoms with Crippen LogP contribution in [0.3, 0.4) is 0 Å². The lowest BCUT2D eigenvalue weighted by molar-refractivity contribution is 1.18. The Kier molecular flexibility index (Phi) is 10.9. The predicted octanol–water partition coefficient (Wildman–Crippen LogP) is 18.4. The van der Waals surface area contributed by atoms with Crippen LogP contribution in [0.1, 0.15) is 0 Å². The van der Waals surface area contributed by atoms with Crippen molar-refractivity contribution in [3.8, 4) is 50.2 Å². The number of nitrogens with zero attached hydrogens (tertiary/aromatic N) is 3. The van der Waals surface area contributed by atoms with Crippen molar-refractivity contribution >= 4 is 55.9 Å². The molecule has 0 aliphatic heterocycles. The fourth-order valence-corrected chi connectivity index (χ4v) is 9.80. The Morgan fingerprint density at radius 2 is 0.551 bits per heavy atom. The molecule has 3 heteroatoms. The van der Waals surface area contributed by atoms with E-state index in [0.717, 1.165) is 56.5 Å². The molecule has 0 atom stereocenters. The van der Waals surface area contributed by atoms with E-state index in [1.807, 2.05) is 0 Å². The van der Waals surface area contributed by atoms with Crippen LogP contribution in [0.15, 0.2) is 285 Å². The molecule has 0 amide bonds. The summed E-state index contributed by atoms with van der Waals surface area (Å²) in [5.74, 6) is 0. The molecular weight excluding hydrogens is 835 g/mol. The van der Waals surface area contributed by atoms with Gasteiger partial charge in [-0.3, -0.25) is 0 Å². The minimum Gasteiger partial charge on any atom is -0.310 e. The normalized spacial score (nSPS) is 11.2. The van der Waals surface area contributed by atoms with Crippen LogP contribution in [0.2, 0.25) is 0 Å². The Labute approximate surface area is 403 Å². The molecule has 0 spiro atoms. The number of fused-ring (bicyclic) bond motifs is 3. The van der Waals surface area contributed by atoms with Crippen LogP contribution in [-0.4, -0.2) is 4.57 Å². The molecule has 1 aromatic heterocycles. The molecule has 3 nitrogen and oxygen atoms in total. The van der Waals surface area contributed by atoms with Gasteiger partial charge in [0.05, 0.1) is 11.0 Å². The maximum absolute atomic E-state index is 2.42. The van der Waals surface area contributed by atoms with Gasteiger partial charge in [-0.05, 0) is 136 Å². The molecule has 0 bridgehead atoms. The predicted molar refractivity (Wildman–Crippen MR) is 292 cm³/mol. The van der Waals surface area contributed by atoms with E-state index in [1.165, 1.54) is 49.7 Å². The lowest BCUT2D eigenvalue weighted by Gasteiger charge is -2.30. The molecule has 0 fully saturated rings. The van der Waals surface area contributed by atoms with Gasteiger partial charge in [-0.1, -0.05) is 194 Å². The molecule has 0 aliphatic carbocycles. The van der Waals surface area contributed by atoms with Crippen molar-refractivity contribution in [3.05, 3.63) is 285 Å². The summed E-state index contributed by atoms with van der Waals surface area (Å²) < 4.78 is 2.42. The maximum atomic E-state index is 2.42. The zero-order chi connectivity index (χ0) is 45.9. The Morgan fingerprint density at radius 1 is 0.203 bits per heavy atom. The highest BCUT2D eigenvalue weighted by atomic mass is 15.2. The van der Waals surface area contributed by atoms with Gasteiger partial charge in [-0.2, -0.15) is 0 Å². The van der Waals surface area contributed by atoms with Crippen molar-refractivity contribution in [2.24, 2.45) is 0 Å². The number of benzene rings is 11. The summed E-state index contributed by atoms with van der Waals surface area (Å²) in [4.78, 5) is 4.76. The van der Waals surface area contributed by atoms with Crippen molar-refractivity contribution in [2.45, 2.75) is 0 Å². The highest BCUT2D eigenvalue weighted by Crippen LogP contribution is 2.45. The summed E-state index contributed by atoms with van der Waals surface area (Å²) in [5, 5.41) is 2.44. The standard InChI is InChI=1S/C66H47N3/c1-6-18-48(19-7-1)51-30-37-58(38-31-51)67(56-24-12-4-13-25-56)61-44-55(45-62(47-61)68(57-26-14-5-15-27-57)59-39-32-52(33-40-59)49-20-8-2-9-21-49)54-36-43-64-63-28-16-17-29-65(63)69(66(64)46-54)60-41-34-53(35-42-60)50-22-10-3-11-23-50/h1-47H. The van der Waals surface area contributed by atoms with Crippen LogP contribution in [0, 0.1) is 0 Å². The zero-order valence-corrected chi connectivity index (χ0v) is 38.0. The average Bonchev–Trinajstić information content (AvgIpc) is 3.76. The summed E-state index contributed by atoms with van der Waals surface area (Å²) in [7, 11) is 0. The van der Waals surface area contributed by atoms with Crippen molar-refractivity contribution in [1.82, 2.24) is 4.57 Å². The molecule has 12 rings (SSSR count). The first-order valence-corrected chi connectivity index (χ1v) is 23.6. The first-order chi connectivity index (χ1) is 34.2. The van der Waals surface area contributed by atoms with Gasteiger partial charge in [0.25, 0.3) is 0 Å². The molecule has 0 radical (unpaired) electrons. The minimum absolute atomic E-state index is 1.04. The number of para-hydroxylation sites is 3. The number of hydrogen-bond acceptors (Lipinski definition) is 2. The van der Waals surface area contributed by atoms with Gasteiger partial charge in [0.1, 0.15) is 0 Å². The molecule has 12 aromatic rings. The second-order valence-electron chi connectivity index (χ2n) is 17.4. The molecule has 11 aromatic carbocycles. The quantitative estimate of drug-likeness (QED) is 0.128. The minimum atomic E-state index is 1.04. The van der Waals surface area contributed by atoms with Gasteiger partial charge in [-0.15, -0.1) is 0 Å². The third-order valence-electron chi connectivity index (χ3n) is 13.2. The Hall–Kier alpha value is -9.18. The third kappa shape index (κ3) is 8.13. The van der Waals surface area contributed by atoms with Gasteiger partial charge in [0.2, 0.25) is 0 Å². The van der Waals surface area contributed by atoms with Crippen molar-refractivity contribution in [3.63, 3.8) is 0 Å². The lowest BCUT2D eigenvalue weighted by Crippen LogP contribution is -2.13. The van der Waals surface area contributed by atoms with Gasteiger partial charge < -0.3 is 14.4 Å². The zero-order valence-electron chi connectivity index (χ0n) is 38.0. The number of hydrogen-bond donors (Lipinski definition) is 0. The summed E-state index contributed by atoms with van der Waals surface area (Å²) in [6, 6.07) is 103. The highest BCUT2D eigenvalue weighted by Gasteiger charge is 2.21. The molecule has 0 N–H and O–H groups in total. The van der Waals surface area contributed by atoms with Crippen LogP contribution in [0.5, 0.6) is 0 Å². The fraction of sp³-hybridized carbons (Fsp3) is 0. The van der Waals surface area contributed by atoms with Gasteiger partial charge in [-0.25, -0.2) is 0 Å². The van der Waals surface area contributed by atoms with Crippen LogP contribution in [0.4, 0.5) is 34.1 Å². The second-order valence-corrected chi connectivity index (χ2v) is 17.4. The lowest BCUT2D eigenvalue weighted by atomic mass is 9.99. The molecule has 326 valence electrons. The molecule has 0 saturated carbocycles. The van der Waals surface area contributed by atoms with Crippen LogP contribution in [-0.2, 0) is 0 Å². The Morgan fingerprint density at radius 3 is 1.01 bits per heavy atom. The van der Waals surface area contributed by atoms with E-state index in [-0.39, 0.29) is 0 Å². The molecule has 1 heterocycles. The van der Waals surface area contributed by atoms with E-state index in [0.29, 0.717) is 0 Å². The Bertz CT molecular complexity index is 3520. The van der Waals surface area contributed by atoms with Gasteiger partial charge >= 0.3 is 0 Å². The summed E-state index contributed by atoms with van der Waals surface area (Å²) >= 11 is 0. The van der Waals surface area contributed by atoms with Crippen molar-refractivity contribution < 1.29 is 0 Å². The van der Waals surface area contributed by atoms with Crippen LogP contribution < -0.4 is 9.80 Å². The molecular formula is C66H47N3. The smallest absolute Gasteiger partial charge is 0.0547 e. The monoisotopic (exact) mass is 881 g/mol. The summed E-state index contributed by atoms with van der Waals surface area (Å²) in [6.07, 6.45) is 0. The fourth-order valence-electron chi connectivity index (χ4n) is 9.80. The van der Waals surface area contributed by atoms with E-state index < -0.39 is 0 Å². The van der Waals surface area contributed by atoms with E-state index in [1.54, 1.807) is 0 Å². The number of anilines is 6. The molecule has 69 heavy (non-hydrogen) atoms. The molecule has 0 unspecified atom stereocenters. The number of aromatic nitrogens is 1. The summed E-state index contributed by atoms with van der Waals surface area (Å²) in [6.45, 7) is 0. The van der Waals surface area contributed by atoms with Crippen molar-refractivity contribution in [1.29, 1.82) is 0 Å². The second kappa shape index (κ2) is 18.2. The molecule has 0 aliphatic rings. The van der Waals surface area contributed by atoms with Gasteiger partial charge in [0.15, 0.2) is 0 Å². The van der Waals surface area contributed by atoms with Gasteiger partial charge in [0, 0.05) is 50.6 Å². The topological polar surface area (TPSA) is 11.4 Å². The van der Waals surface area contributed by atoms with E-state index in [2.05, 4.69) is 299 Å². The van der Waals surface area contributed by atoms with E-state index in [4.69, 9.17) is 0 Å². The van der Waals surface area contributed by atoms with Crippen molar-refractivity contribution in [2.75, 3.05) is 9.80 Å².